The second-order valence-electron chi connectivity index (χ2n) is 4.81. The van der Waals surface area contributed by atoms with Crippen molar-refractivity contribution in [3.05, 3.63) is 63.9 Å². The van der Waals surface area contributed by atoms with Crippen LogP contribution in [0.4, 0.5) is 4.39 Å². The molecule has 2 aromatic rings. The predicted octanol–water partition coefficient (Wildman–Crippen LogP) is 4.56. The molecule has 0 saturated heterocycles. The third kappa shape index (κ3) is 5.51. The molecule has 0 aliphatic rings. The van der Waals surface area contributed by atoms with Crippen molar-refractivity contribution in [2.24, 2.45) is 0 Å². The molecule has 2 aromatic carbocycles. The molecule has 24 heavy (non-hydrogen) atoms. The normalized spacial score (nSPS) is 10.3. The largest absolute Gasteiger partial charge is 0.461 e. The SMILES string of the molecule is O=C(CCC(=O)Oc1c(F)cccc1Cl)OCc1ccc(Cl)cc1. The van der Waals surface area contributed by atoms with Crippen LogP contribution in [0.25, 0.3) is 0 Å². The summed E-state index contributed by atoms with van der Waals surface area (Å²) < 4.78 is 23.3. The Morgan fingerprint density at radius 3 is 2.29 bits per heavy atom. The summed E-state index contributed by atoms with van der Waals surface area (Å²) in [6.07, 6.45) is -0.428. The van der Waals surface area contributed by atoms with E-state index in [2.05, 4.69) is 0 Å². The lowest BCUT2D eigenvalue weighted by molar-refractivity contribution is -0.148. The van der Waals surface area contributed by atoms with Gasteiger partial charge < -0.3 is 9.47 Å². The summed E-state index contributed by atoms with van der Waals surface area (Å²) in [7, 11) is 0. The first-order valence-electron chi connectivity index (χ1n) is 7.00. The van der Waals surface area contributed by atoms with Gasteiger partial charge in [-0.3, -0.25) is 9.59 Å². The predicted molar refractivity (Wildman–Crippen MR) is 87.5 cm³/mol. The molecule has 0 spiro atoms. The first-order valence-corrected chi connectivity index (χ1v) is 7.76. The number of esters is 2. The zero-order valence-corrected chi connectivity index (χ0v) is 13.9. The van der Waals surface area contributed by atoms with Crippen LogP contribution >= 0.6 is 23.2 Å². The molecule has 0 saturated carbocycles. The molecule has 0 heterocycles. The van der Waals surface area contributed by atoms with Crippen LogP contribution in [0.5, 0.6) is 5.75 Å². The van der Waals surface area contributed by atoms with Crippen LogP contribution in [0.15, 0.2) is 42.5 Å². The van der Waals surface area contributed by atoms with Gasteiger partial charge in [0.2, 0.25) is 0 Å². The summed E-state index contributed by atoms with van der Waals surface area (Å²) in [6, 6.07) is 10.7. The Labute approximate surface area is 148 Å². The highest BCUT2D eigenvalue weighted by Gasteiger charge is 2.15. The second kappa shape index (κ2) is 8.66. The number of rotatable bonds is 6. The quantitative estimate of drug-likeness (QED) is 0.552. The fourth-order valence-electron chi connectivity index (χ4n) is 1.77. The van der Waals surface area contributed by atoms with Gasteiger partial charge in [-0.15, -0.1) is 0 Å². The Bertz CT molecular complexity index is 712. The molecule has 0 aliphatic heterocycles. The highest BCUT2D eigenvalue weighted by Crippen LogP contribution is 2.27. The lowest BCUT2D eigenvalue weighted by atomic mass is 10.2. The molecule has 0 unspecified atom stereocenters. The minimum atomic E-state index is -0.773. The zero-order valence-electron chi connectivity index (χ0n) is 12.4. The van der Waals surface area contributed by atoms with Gasteiger partial charge in [0.15, 0.2) is 11.6 Å². The molecule has 7 heteroatoms. The van der Waals surface area contributed by atoms with Crippen molar-refractivity contribution in [2.45, 2.75) is 19.4 Å². The summed E-state index contributed by atoms with van der Waals surface area (Å²) in [5.41, 5.74) is 0.772. The molecule has 0 atom stereocenters. The van der Waals surface area contributed by atoms with Crippen LogP contribution < -0.4 is 4.74 Å². The fraction of sp³-hybridized carbons (Fsp3) is 0.176. The van der Waals surface area contributed by atoms with Gasteiger partial charge >= 0.3 is 11.9 Å². The van der Waals surface area contributed by atoms with Crippen molar-refractivity contribution in [1.29, 1.82) is 0 Å². The van der Waals surface area contributed by atoms with Crippen molar-refractivity contribution in [2.75, 3.05) is 0 Å². The Morgan fingerprint density at radius 1 is 0.958 bits per heavy atom. The molecule has 0 fully saturated rings. The molecule has 126 valence electrons. The Hall–Kier alpha value is -2.11. The first kappa shape index (κ1) is 18.2. The van der Waals surface area contributed by atoms with Crippen molar-refractivity contribution in [3.8, 4) is 5.75 Å². The monoisotopic (exact) mass is 370 g/mol. The van der Waals surface area contributed by atoms with E-state index in [1.807, 2.05) is 0 Å². The van der Waals surface area contributed by atoms with E-state index in [0.29, 0.717) is 5.02 Å². The van der Waals surface area contributed by atoms with Gasteiger partial charge in [0.1, 0.15) is 6.61 Å². The molecular weight excluding hydrogens is 358 g/mol. The smallest absolute Gasteiger partial charge is 0.311 e. The summed E-state index contributed by atoms with van der Waals surface area (Å²) >= 11 is 11.5. The maximum atomic E-state index is 13.5. The Balaban J connectivity index is 1.77. The van der Waals surface area contributed by atoms with E-state index in [-0.39, 0.29) is 30.2 Å². The van der Waals surface area contributed by atoms with E-state index in [9.17, 15) is 14.0 Å². The average molecular weight is 371 g/mol. The molecule has 2 rings (SSSR count). The van der Waals surface area contributed by atoms with E-state index in [4.69, 9.17) is 32.7 Å². The van der Waals surface area contributed by atoms with Gasteiger partial charge in [-0.1, -0.05) is 41.4 Å². The number of hydrogen-bond donors (Lipinski definition) is 0. The minimum Gasteiger partial charge on any atom is -0.461 e. The lowest BCUT2D eigenvalue weighted by Gasteiger charge is -2.07. The lowest BCUT2D eigenvalue weighted by Crippen LogP contribution is -2.13. The number of hydrogen-bond acceptors (Lipinski definition) is 4. The summed E-state index contributed by atoms with van der Waals surface area (Å²) in [4.78, 5) is 23.3. The van der Waals surface area contributed by atoms with E-state index in [1.165, 1.54) is 12.1 Å². The third-order valence-corrected chi connectivity index (χ3v) is 3.53. The molecule has 0 bridgehead atoms. The van der Waals surface area contributed by atoms with Crippen molar-refractivity contribution >= 4 is 35.1 Å². The Kier molecular flexibility index (Phi) is 6.58. The van der Waals surface area contributed by atoms with Gasteiger partial charge in [-0.05, 0) is 29.8 Å². The van der Waals surface area contributed by atoms with Gasteiger partial charge in [-0.2, -0.15) is 0 Å². The van der Waals surface area contributed by atoms with Crippen LogP contribution in [-0.2, 0) is 20.9 Å². The van der Waals surface area contributed by atoms with Crippen LogP contribution in [0.1, 0.15) is 18.4 Å². The standard InChI is InChI=1S/C17H13Cl2FO4/c18-12-6-4-11(5-7-12)10-23-15(21)8-9-16(22)24-17-13(19)2-1-3-14(17)20/h1-7H,8-10H2. The number of ether oxygens (including phenoxy) is 2. The number of halogens is 3. The van der Waals surface area contributed by atoms with Crippen LogP contribution in [0.2, 0.25) is 10.0 Å². The van der Waals surface area contributed by atoms with Gasteiger partial charge in [-0.25, -0.2) is 4.39 Å². The topological polar surface area (TPSA) is 52.6 Å². The second-order valence-corrected chi connectivity index (χ2v) is 5.66. The highest BCUT2D eigenvalue weighted by atomic mass is 35.5. The number of para-hydroxylation sites is 1. The van der Waals surface area contributed by atoms with Crippen LogP contribution in [-0.4, -0.2) is 11.9 Å². The third-order valence-electron chi connectivity index (χ3n) is 2.98. The molecule has 0 amide bonds. The molecule has 0 aliphatic carbocycles. The van der Waals surface area contributed by atoms with E-state index >= 15 is 0 Å². The van der Waals surface area contributed by atoms with E-state index in [0.717, 1.165) is 11.6 Å². The summed E-state index contributed by atoms with van der Waals surface area (Å²) in [5.74, 6) is -2.44. The summed E-state index contributed by atoms with van der Waals surface area (Å²) in [5, 5.41) is 0.563. The molecular formula is C17H13Cl2FO4. The number of benzene rings is 2. The van der Waals surface area contributed by atoms with E-state index < -0.39 is 17.8 Å². The molecule has 0 aromatic heterocycles. The zero-order chi connectivity index (χ0) is 17.5. The fourth-order valence-corrected chi connectivity index (χ4v) is 2.09. The van der Waals surface area contributed by atoms with Crippen molar-refractivity contribution in [3.63, 3.8) is 0 Å². The highest BCUT2D eigenvalue weighted by molar-refractivity contribution is 6.32. The van der Waals surface area contributed by atoms with Gasteiger partial charge in [0, 0.05) is 5.02 Å². The average Bonchev–Trinajstić information content (AvgIpc) is 2.56. The number of carbonyl (C=O) groups excluding carboxylic acids is 2. The first-order chi connectivity index (χ1) is 11.5. The summed E-state index contributed by atoms with van der Waals surface area (Å²) in [6.45, 7) is 0.0736. The van der Waals surface area contributed by atoms with Gasteiger partial charge in [0.25, 0.3) is 0 Å². The minimum absolute atomic E-state index is 0.0198. The maximum Gasteiger partial charge on any atom is 0.311 e. The molecule has 0 N–H and O–H groups in total. The van der Waals surface area contributed by atoms with Crippen LogP contribution in [0, 0.1) is 5.82 Å². The maximum absolute atomic E-state index is 13.5. The number of carbonyl (C=O) groups is 2. The molecule has 0 radical (unpaired) electrons. The van der Waals surface area contributed by atoms with E-state index in [1.54, 1.807) is 24.3 Å². The van der Waals surface area contributed by atoms with Crippen molar-refractivity contribution in [1.82, 2.24) is 0 Å². The van der Waals surface area contributed by atoms with Crippen LogP contribution in [0.3, 0.4) is 0 Å². The van der Waals surface area contributed by atoms with Gasteiger partial charge in [0.05, 0.1) is 17.9 Å². The molecule has 4 nitrogen and oxygen atoms in total. The Morgan fingerprint density at radius 2 is 1.62 bits per heavy atom. The van der Waals surface area contributed by atoms with Crippen molar-refractivity contribution < 1.29 is 23.5 Å².